The Bertz CT molecular complexity index is 128. The second kappa shape index (κ2) is 4.85. The average Bonchev–Trinajstić information content (AvgIpc) is 1.84. The Morgan fingerprint density at radius 1 is 1.70 bits per heavy atom. The molecule has 0 amide bonds. The van der Waals surface area contributed by atoms with Gasteiger partial charge in [0.05, 0.1) is 12.8 Å². The Morgan fingerprint density at radius 2 is 2.30 bits per heavy atom. The van der Waals surface area contributed by atoms with Crippen LogP contribution >= 0.6 is 7.60 Å². The fourth-order valence-corrected chi connectivity index (χ4v) is 1.56. The third-order valence-corrected chi connectivity index (χ3v) is 2.43. The molecule has 5 heteroatoms. The van der Waals surface area contributed by atoms with E-state index in [1.807, 2.05) is 0 Å². The first-order valence-electron chi connectivity index (χ1n) is 3.23. The van der Waals surface area contributed by atoms with Crippen molar-refractivity contribution in [2.75, 3.05) is 26.4 Å². The molecule has 0 radical (unpaired) electrons. The largest absolute Gasteiger partial charge is 0.329 e. The van der Waals surface area contributed by atoms with Crippen molar-refractivity contribution in [3.63, 3.8) is 0 Å². The molecule has 0 bridgehead atoms. The maximum Gasteiger partial charge on any atom is 0.329 e. The maximum atomic E-state index is 10.9. The molecule has 0 aromatic heterocycles. The summed E-state index contributed by atoms with van der Waals surface area (Å²) in [5, 5.41) is 2.77. The van der Waals surface area contributed by atoms with E-state index in [0.717, 1.165) is 0 Å². The first-order chi connectivity index (χ1) is 4.62. The van der Waals surface area contributed by atoms with E-state index in [1.165, 1.54) is 0 Å². The van der Waals surface area contributed by atoms with Gasteiger partial charge >= 0.3 is 7.60 Å². The summed E-state index contributed by atoms with van der Waals surface area (Å²) >= 11 is 0. The Kier molecular flexibility index (Phi) is 4.91. The number of nitrogens with one attached hydrogen (secondary N) is 1. The maximum absolute atomic E-state index is 10.9. The van der Waals surface area contributed by atoms with Crippen molar-refractivity contribution in [1.82, 2.24) is 5.32 Å². The van der Waals surface area contributed by atoms with E-state index in [2.05, 4.69) is 9.84 Å². The van der Waals surface area contributed by atoms with Crippen molar-refractivity contribution >= 4 is 7.60 Å². The minimum Gasteiger partial charge on any atom is -0.324 e. The van der Waals surface area contributed by atoms with Crippen molar-refractivity contribution < 1.29 is 14.0 Å². The van der Waals surface area contributed by atoms with Gasteiger partial charge in [0.15, 0.2) is 0 Å². The van der Waals surface area contributed by atoms with E-state index in [0.29, 0.717) is 6.54 Å². The highest BCUT2D eigenvalue weighted by Gasteiger charge is 2.16. The first kappa shape index (κ1) is 10.1. The van der Waals surface area contributed by atoms with Crippen LogP contribution in [0.15, 0.2) is 0 Å². The number of hydrogen-bond donors (Lipinski definition) is 2. The van der Waals surface area contributed by atoms with Crippen LogP contribution in [0, 0.1) is 0 Å². The van der Waals surface area contributed by atoms with Crippen LogP contribution in [-0.4, -0.2) is 31.3 Å². The molecular weight excluding hydrogens is 153 g/mol. The molecule has 2 N–H and O–H groups in total. The summed E-state index contributed by atoms with van der Waals surface area (Å²) in [6.07, 6.45) is 0.178. The monoisotopic (exact) mass is 167 g/mol. The fraction of sp³-hybridized carbons (Fsp3) is 1.00. The average molecular weight is 167 g/mol. The van der Waals surface area contributed by atoms with E-state index in [9.17, 15) is 4.57 Å². The van der Waals surface area contributed by atoms with Crippen molar-refractivity contribution in [3.8, 4) is 0 Å². The molecule has 0 saturated heterocycles. The van der Waals surface area contributed by atoms with E-state index in [1.54, 1.807) is 14.0 Å². The van der Waals surface area contributed by atoms with E-state index in [-0.39, 0.29) is 12.8 Å². The molecule has 10 heavy (non-hydrogen) atoms. The predicted octanol–water partition coefficient (Wildman–Crippen LogP) is 0.428. The van der Waals surface area contributed by atoms with Crippen LogP contribution < -0.4 is 5.32 Å². The molecular formula is C5H14NO3P. The summed E-state index contributed by atoms with van der Waals surface area (Å²) in [6, 6.07) is 0. The summed E-state index contributed by atoms with van der Waals surface area (Å²) in [5.41, 5.74) is 0. The van der Waals surface area contributed by atoms with Gasteiger partial charge in [-0.25, -0.2) is 0 Å². The number of rotatable bonds is 5. The molecule has 0 saturated carbocycles. The molecule has 62 valence electrons. The molecule has 4 nitrogen and oxygen atoms in total. The molecule has 0 fully saturated rings. The molecule has 0 aliphatic heterocycles. The van der Waals surface area contributed by atoms with Crippen molar-refractivity contribution in [1.29, 1.82) is 0 Å². The van der Waals surface area contributed by atoms with Crippen molar-refractivity contribution in [2.45, 2.75) is 6.92 Å². The lowest BCUT2D eigenvalue weighted by atomic mass is 10.8. The van der Waals surface area contributed by atoms with Crippen molar-refractivity contribution in [3.05, 3.63) is 0 Å². The smallest absolute Gasteiger partial charge is 0.324 e. The first-order valence-corrected chi connectivity index (χ1v) is 4.99. The molecule has 0 rings (SSSR count). The molecule has 0 aromatic carbocycles. The van der Waals surface area contributed by atoms with E-state index < -0.39 is 7.60 Å². The third-order valence-electron chi connectivity index (χ3n) is 0.975. The summed E-state index contributed by atoms with van der Waals surface area (Å²) in [7, 11) is -1.54. The van der Waals surface area contributed by atoms with Crippen LogP contribution in [0.2, 0.25) is 0 Å². The third kappa shape index (κ3) is 4.94. The van der Waals surface area contributed by atoms with Gasteiger partial charge in [0, 0.05) is 6.54 Å². The Labute approximate surface area is 61.1 Å². The lowest BCUT2D eigenvalue weighted by Crippen LogP contribution is -2.12. The fourth-order valence-electron chi connectivity index (χ4n) is 0.519. The normalized spacial score (nSPS) is 16.7. The predicted molar refractivity (Wildman–Crippen MR) is 40.2 cm³/mol. The van der Waals surface area contributed by atoms with Gasteiger partial charge in [-0.3, -0.25) is 4.57 Å². The zero-order valence-corrected chi connectivity index (χ0v) is 7.23. The second-order valence-corrected chi connectivity index (χ2v) is 3.86. The lowest BCUT2D eigenvalue weighted by Gasteiger charge is -2.09. The molecule has 0 heterocycles. The molecule has 0 spiro atoms. The van der Waals surface area contributed by atoms with Crippen LogP contribution in [0.4, 0.5) is 0 Å². The highest BCUT2D eigenvalue weighted by atomic mass is 31.2. The Hall–Kier alpha value is 0.110. The summed E-state index contributed by atoms with van der Waals surface area (Å²) in [5.74, 6) is 0. The van der Waals surface area contributed by atoms with Gasteiger partial charge in [0.1, 0.15) is 0 Å². The van der Waals surface area contributed by atoms with Crippen molar-refractivity contribution in [2.24, 2.45) is 0 Å². The highest BCUT2D eigenvalue weighted by Crippen LogP contribution is 2.40. The lowest BCUT2D eigenvalue weighted by molar-refractivity contribution is 0.273. The van der Waals surface area contributed by atoms with Gasteiger partial charge in [-0.2, -0.15) is 0 Å². The Balaban J connectivity index is 3.53. The minimum absolute atomic E-state index is 0.178. The van der Waals surface area contributed by atoms with Gasteiger partial charge in [0.2, 0.25) is 0 Å². The van der Waals surface area contributed by atoms with E-state index in [4.69, 9.17) is 4.89 Å². The van der Waals surface area contributed by atoms with Crippen LogP contribution in [0.25, 0.3) is 0 Å². The summed E-state index contributed by atoms with van der Waals surface area (Å²) in [6.45, 7) is 2.49. The standard InChI is InChI=1S/C5H14NO3P/c1-3-9-10(7,8)5-4-6-2/h6H,3-5H2,1-2H3,(H,7,8). The quantitative estimate of drug-likeness (QED) is 0.583. The van der Waals surface area contributed by atoms with E-state index >= 15 is 0 Å². The minimum atomic E-state index is -3.27. The van der Waals surface area contributed by atoms with Crippen LogP contribution in [-0.2, 0) is 9.09 Å². The van der Waals surface area contributed by atoms with Gasteiger partial charge in [-0.15, -0.1) is 0 Å². The molecule has 0 aromatic rings. The van der Waals surface area contributed by atoms with Crippen LogP contribution in [0.5, 0.6) is 0 Å². The topological polar surface area (TPSA) is 58.6 Å². The molecule has 0 aliphatic carbocycles. The molecule has 0 aliphatic rings. The molecule has 1 atom stereocenters. The SMILES string of the molecule is CCOP(=O)(O)CCNC. The number of hydrogen-bond acceptors (Lipinski definition) is 3. The van der Waals surface area contributed by atoms with Gasteiger partial charge < -0.3 is 14.7 Å². The zero-order chi connectivity index (χ0) is 8.04. The zero-order valence-electron chi connectivity index (χ0n) is 6.33. The molecule has 1 unspecified atom stereocenters. The summed E-state index contributed by atoms with van der Waals surface area (Å²) < 4.78 is 15.5. The van der Waals surface area contributed by atoms with Gasteiger partial charge in [-0.05, 0) is 14.0 Å². The van der Waals surface area contributed by atoms with Gasteiger partial charge in [-0.1, -0.05) is 0 Å². The van der Waals surface area contributed by atoms with Crippen LogP contribution in [0.3, 0.4) is 0 Å². The highest BCUT2D eigenvalue weighted by molar-refractivity contribution is 7.52. The van der Waals surface area contributed by atoms with Crippen LogP contribution in [0.1, 0.15) is 6.92 Å². The second-order valence-electron chi connectivity index (χ2n) is 1.88. The van der Waals surface area contributed by atoms with Gasteiger partial charge in [0.25, 0.3) is 0 Å². The summed E-state index contributed by atoms with van der Waals surface area (Å²) in [4.78, 5) is 8.94. The Morgan fingerprint density at radius 3 is 2.70 bits per heavy atom.